The van der Waals surface area contributed by atoms with E-state index in [0.29, 0.717) is 24.2 Å². The van der Waals surface area contributed by atoms with Gasteiger partial charge in [0.2, 0.25) is 5.91 Å². The minimum absolute atomic E-state index is 0.365. The predicted molar refractivity (Wildman–Crippen MR) is 81.7 cm³/mol. The second-order valence-electron chi connectivity index (χ2n) is 5.51. The van der Waals surface area contributed by atoms with Crippen LogP contribution in [0.3, 0.4) is 0 Å². The van der Waals surface area contributed by atoms with Gasteiger partial charge in [-0.05, 0) is 37.1 Å². The number of carbonyl (C=O) groups excluding carboxylic acids is 2. The molecule has 23 heavy (non-hydrogen) atoms. The molecule has 0 aliphatic heterocycles. The van der Waals surface area contributed by atoms with Gasteiger partial charge in [0, 0.05) is 5.56 Å². The summed E-state index contributed by atoms with van der Waals surface area (Å²) >= 11 is 0. The molecule has 7 nitrogen and oxygen atoms in total. The van der Waals surface area contributed by atoms with Gasteiger partial charge in [0.25, 0.3) is 5.91 Å². The molecular weight excluding hydrogens is 300 g/mol. The molecule has 0 saturated heterocycles. The fourth-order valence-electron chi connectivity index (χ4n) is 2.77. The van der Waals surface area contributed by atoms with Crippen LogP contribution in [0, 0.1) is 11.8 Å². The van der Waals surface area contributed by atoms with Crippen molar-refractivity contribution in [3.05, 3.63) is 29.8 Å². The summed E-state index contributed by atoms with van der Waals surface area (Å²) in [5.41, 5.74) is 5.02. The average Bonchev–Trinajstić information content (AvgIpc) is 2.59. The van der Waals surface area contributed by atoms with Gasteiger partial charge in [-0.2, -0.15) is 0 Å². The molecule has 2 rings (SSSR count). The topological polar surface area (TPSA) is 105 Å². The molecular formula is C16H20N2O5. The number of amides is 2. The van der Waals surface area contributed by atoms with Gasteiger partial charge in [-0.1, -0.05) is 12.8 Å². The Kier molecular flexibility index (Phi) is 5.56. The number of nitrogens with one attached hydrogen (secondary N) is 2. The zero-order valence-electron chi connectivity index (χ0n) is 12.9. The van der Waals surface area contributed by atoms with Gasteiger partial charge < -0.3 is 9.84 Å². The van der Waals surface area contributed by atoms with Gasteiger partial charge in [0.15, 0.2) is 0 Å². The highest BCUT2D eigenvalue weighted by Gasteiger charge is 2.35. The number of hydrogen-bond acceptors (Lipinski definition) is 4. The average molecular weight is 320 g/mol. The number of rotatable bonds is 4. The lowest BCUT2D eigenvalue weighted by Gasteiger charge is -2.27. The van der Waals surface area contributed by atoms with E-state index >= 15 is 0 Å². The van der Waals surface area contributed by atoms with Crippen LogP contribution in [0.15, 0.2) is 24.3 Å². The second kappa shape index (κ2) is 7.62. The van der Waals surface area contributed by atoms with E-state index in [0.717, 1.165) is 12.8 Å². The number of carboxylic acids is 1. The summed E-state index contributed by atoms with van der Waals surface area (Å²) in [5.74, 6) is -2.58. The lowest BCUT2D eigenvalue weighted by molar-refractivity contribution is -0.149. The summed E-state index contributed by atoms with van der Waals surface area (Å²) in [5, 5.41) is 9.18. The molecule has 1 fully saturated rings. The Bertz CT molecular complexity index is 585. The van der Waals surface area contributed by atoms with E-state index in [-0.39, 0.29) is 0 Å². The van der Waals surface area contributed by atoms with Gasteiger partial charge in [-0.15, -0.1) is 0 Å². The third-order valence-corrected chi connectivity index (χ3v) is 4.07. The molecule has 1 aromatic carbocycles. The fourth-order valence-corrected chi connectivity index (χ4v) is 2.77. The van der Waals surface area contributed by atoms with Crippen molar-refractivity contribution in [1.82, 2.24) is 10.9 Å². The number of hydrazine groups is 1. The monoisotopic (exact) mass is 320 g/mol. The first-order valence-corrected chi connectivity index (χ1v) is 7.50. The lowest BCUT2D eigenvalue weighted by atomic mass is 9.79. The molecule has 0 heterocycles. The number of benzene rings is 1. The molecule has 1 aromatic rings. The SMILES string of the molecule is COc1ccc(C(=O)NNC(=O)C2CCCCC2C(=O)O)cc1. The van der Waals surface area contributed by atoms with Crippen LogP contribution >= 0.6 is 0 Å². The van der Waals surface area contributed by atoms with Crippen LogP contribution in [0.25, 0.3) is 0 Å². The molecule has 2 unspecified atom stereocenters. The Morgan fingerprint density at radius 2 is 1.65 bits per heavy atom. The van der Waals surface area contributed by atoms with E-state index in [4.69, 9.17) is 4.74 Å². The molecule has 0 spiro atoms. The maximum Gasteiger partial charge on any atom is 0.307 e. The van der Waals surface area contributed by atoms with Crippen molar-refractivity contribution in [2.45, 2.75) is 25.7 Å². The summed E-state index contributed by atoms with van der Waals surface area (Å²) in [6.45, 7) is 0. The van der Waals surface area contributed by atoms with E-state index in [9.17, 15) is 19.5 Å². The maximum atomic E-state index is 12.1. The van der Waals surface area contributed by atoms with E-state index in [1.165, 1.54) is 7.11 Å². The lowest BCUT2D eigenvalue weighted by Crippen LogP contribution is -2.47. The minimum atomic E-state index is -0.966. The van der Waals surface area contributed by atoms with Crippen molar-refractivity contribution in [3.63, 3.8) is 0 Å². The smallest absolute Gasteiger partial charge is 0.307 e. The third kappa shape index (κ3) is 4.21. The van der Waals surface area contributed by atoms with E-state index in [1.807, 2.05) is 0 Å². The molecule has 0 aromatic heterocycles. The molecule has 7 heteroatoms. The molecule has 3 N–H and O–H groups in total. The van der Waals surface area contributed by atoms with Crippen molar-refractivity contribution in [2.75, 3.05) is 7.11 Å². The number of carboxylic acid groups (broad SMARTS) is 1. The molecule has 124 valence electrons. The Morgan fingerprint density at radius 1 is 1.04 bits per heavy atom. The number of hydrogen-bond donors (Lipinski definition) is 3. The summed E-state index contributed by atoms with van der Waals surface area (Å²) in [4.78, 5) is 35.3. The highest BCUT2D eigenvalue weighted by Crippen LogP contribution is 2.30. The minimum Gasteiger partial charge on any atom is -0.497 e. The maximum absolute atomic E-state index is 12.1. The van der Waals surface area contributed by atoms with Crippen molar-refractivity contribution >= 4 is 17.8 Å². The summed E-state index contributed by atoms with van der Waals surface area (Å²) in [6, 6.07) is 6.42. The number of carbonyl (C=O) groups is 3. The van der Waals surface area contributed by atoms with Crippen LogP contribution < -0.4 is 15.6 Å². The third-order valence-electron chi connectivity index (χ3n) is 4.07. The molecule has 1 saturated carbocycles. The van der Waals surface area contributed by atoms with Crippen molar-refractivity contribution < 1.29 is 24.2 Å². The Morgan fingerprint density at radius 3 is 2.22 bits per heavy atom. The van der Waals surface area contributed by atoms with Gasteiger partial charge in [0.05, 0.1) is 18.9 Å². The normalized spacial score (nSPS) is 20.4. The van der Waals surface area contributed by atoms with Crippen LogP contribution in [0.2, 0.25) is 0 Å². The Labute approximate surface area is 134 Å². The van der Waals surface area contributed by atoms with Crippen molar-refractivity contribution in [1.29, 1.82) is 0 Å². The number of aliphatic carboxylic acids is 1. The quantitative estimate of drug-likeness (QED) is 0.726. The van der Waals surface area contributed by atoms with Crippen LogP contribution in [0.1, 0.15) is 36.0 Å². The standard InChI is InChI=1S/C16H20N2O5/c1-23-11-8-6-10(7-9-11)14(19)17-18-15(20)12-4-2-3-5-13(12)16(21)22/h6-9,12-13H,2-5H2,1H3,(H,17,19)(H,18,20)(H,21,22). The molecule has 0 radical (unpaired) electrons. The van der Waals surface area contributed by atoms with Gasteiger partial charge in [-0.3, -0.25) is 25.2 Å². The van der Waals surface area contributed by atoms with Crippen LogP contribution in [0.4, 0.5) is 0 Å². The van der Waals surface area contributed by atoms with Crippen molar-refractivity contribution in [3.8, 4) is 5.75 Å². The van der Waals surface area contributed by atoms with E-state index in [1.54, 1.807) is 24.3 Å². The van der Waals surface area contributed by atoms with E-state index in [2.05, 4.69) is 10.9 Å². The van der Waals surface area contributed by atoms with Crippen molar-refractivity contribution in [2.24, 2.45) is 11.8 Å². The first-order chi connectivity index (χ1) is 11.0. The molecule has 2 amide bonds. The van der Waals surface area contributed by atoms with Gasteiger partial charge in [-0.25, -0.2) is 0 Å². The highest BCUT2D eigenvalue weighted by atomic mass is 16.5. The van der Waals surface area contributed by atoms with Gasteiger partial charge in [0.1, 0.15) is 5.75 Å². The molecule has 0 bridgehead atoms. The van der Waals surface area contributed by atoms with Crippen LogP contribution in [-0.4, -0.2) is 30.0 Å². The largest absolute Gasteiger partial charge is 0.497 e. The highest BCUT2D eigenvalue weighted by molar-refractivity contribution is 5.96. The first kappa shape index (κ1) is 16.8. The van der Waals surface area contributed by atoms with Crippen LogP contribution in [0.5, 0.6) is 5.75 Å². The molecule has 1 aliphatic carbocycles. The zero-order chi connectivity index (χ0) is 16.8. The second-order valence-corrected chi connectivity index (χ2v) is 5.51. The first-order valence-electron chi connectivity index (χ1n) is 7.50. The zero-order valence-corrected chi connectivity index (χ0v) is 12.9. The van der Waals surface area contributed by atoms with Crippen LogP contribution in [-0.2, 0) is 9.59 Å². The molecule has 1 aliphatic rings. The predicted octanol–water partition coefficient (Wildman–Crippen LogP) is 1.35. The fraction of sp³-hybridized carbons (Fsp3) is 0.438. The molecule has 2 atom stereocenters. The summed E-state index contributed by atoms with van der Waals surface area (Å²) in [7, 11) is 1.53. The Hall–Kier alpha value is -2.57. The van der Waals surface area contributed by atoms with Gasteiger partial charge >= 0.3 is 5.97 Å². The number of ether oxygens (including phenoxy) is 1. The summed E-state index contributed by atoms with van der Waals surface area (Å²) < 4.78 is 5.00. The summed E-state index contributed by atoms with van der Waals surface area (Å²) in [6.07, 6.45) is 2.62. The van der Waals surface area contributed by atoms with E-state index < -0.39 is 29.6 Å². The Balaban J connectivity index is 1.92. The number of methoxy groups -OCH3 is 1.